The molecule has 1 heteroatoms. The zero-order valence-corrected chi connectivity index (χ0v) is 12.4. The molecule has 0 radical (unpaired) electrons. The van der Waals surface area contributed by atoms with Crippen LogP contribution in [0.1, 0.15) is 37.7 Å². The van der Waals surface area contributed by atoms with E-state index in [2.05, 4.69) is 54.8 Å². The van der Waals surface area contributed by atoms with Gasteiger partial charge in [-0.15, -0.1) is 0 Å². The zero-order valence-electron chi connectivity index (χ0n) is 12.4. The van der Waals surface area contributed by atoms with Crippen molar-refractivity contribution in [2.24, 2.45) is 5.92 Å². The average Bonchev–Trinajstić information content (AvgIpc) is 2.99. The minimum Gasteiger partial charge on any atom is -0.317 e. The van der Waals surface area contributed by atoms with E-state index >= 15 is 0 Å². The van der Waals surface area contributed by atoms with Gasteiger partial charge in [-0.3, -0.25) is 0 Å². The normalized spacial score (nSPS) is 17.6. The molecule has 2 aromatic carbocycles. The van der Waals surface area contributed by atoms with Gasteiger partial charge in [0.2, 0.25) is 0 Å². The van der Waals surface area contributed by atoms with Gasteiger partial charge in [-0.2, -0.15) is 0 Å². The standard InChI is InChI=1S/C19H25N/c1-20-19(13-15-6-2-3-7-15)14-16-10-11-17-8-4-5-9-18(17)12-16/h4-5,8-12,15,19-20H,2-3,6-7,13-14H2,1H3. The predicted molar refractivity (Wildman–Crippen MR) is 87.1 cm³/mol. The maximum Gasteiger partial charge on any atom is 0.0107 e. The minimum absolute atomic E-state index is 0.624. The van der Waals surface area contributed by atoms with Gasteiger partial charge in [-0.1, -0.05) is 68.1 Å². The number of likely N-dealkylation sites (N-methyl/N-ethyl adjacent to an activating group) is 1. The Labute approximate surface area is 122 Å². The van der Waals surface area contributed by atoms with Crippen molar-refractivity contribution in [3.8, 4) is 0 Å². The number of hydrogen-bond donors (Lipinski definition) is 1. The molecule has 1 atom stereocenters. The molecular weight excluding hydrogens is 242 g/mol. The lowest BCUT2D eigenvalue weighted by molar-refractivity contribution is 0.403. The highest BCUT2D eigenvalue weighted by atomic mass is 14.9. The van der Waals surface area contributed by atoms with Crippen LogP contribution in [0.25, 0.3) is 10.8 Å². The molecule has 0 saturated heterocycles. The first-order valence-corrected chi connectivity index (χ1v) is 8.00. The number of benzene rings is 2. The van der Waals surface area contributed by atoms with Gasteiger partial charge in [0.15, 0.2) is 0 Å². The summed E-state index contributed by atoms with van der Waals surface area (Å²) in [6, 6.07) is 16.2. The van der Waals surface area contributed by atoms with E-state index in [0.29, 0.717) is 6.04 Å². The summed E-state index contributed by atoms with van der Waals surface area (Å²) in [7, 11) is 2.11. The summed E-state index contributed by atoms with van der Waals surface area (Å²) in [4.78, 5) is 0. The van der Waals surface area contributed by atoms with Crippen molar-refractivity contribution < 1.29 is 0 Å². The van der Waals surface area contributed by atoms with Crippen molar-refractivity contribution in [3.63, 3.8) is 0 Å². The quantitative estimate of drug-likeness (QED) is 0.838. The fourth-order valence-corrected chi connectivity index (χ4v) is 3.60. The SMILES string of the molecule is CNC(Cc1ccc2ccccc2c1)CC1CCCC1. The fraction of sp³-hybridized carbons (Fsp3) is 0.474. The summed E-state index contributed by atoms with van der Waals surface area (Å²) in [6.07, 6.45) is 8.25. The Hall–Kier alpha value is -1.34. The van der Waals surface area contributed by atoms with E-state index in [4.69, 9.17) is 0 Å². The predicted octanol–water partition coefficient (Wildman–Crippen LogP) is 4.55. The Morgan fingerprint density at radius 1 is 1.05 bits per heavy atom. The third-order valence-corrected chi connectivity index (χ3v) is 4.80. The van der Waals surface area contributed by atoms with Gasteiger partial charge in [-0.25, -0.2) is 0 Å². The molecule has 1 aliphatic rings. The van der Waals surface area contributed by atoms with Gasteiger partial charge in [0, 0.05) is 6.04 Å². The summed E-state index contributed by atoms with van der Waals surface area (Å²) in [6.45, 7) is 0. The van der Waals surface area contributed by atoms with Gasteiger partial charge in [0.1, 0.15) is 0 Å². The Morgan fingerprint density at radius 3 is 2.55 bits per heavy atom. The number of nitrogens with one attached hydrogen (secondary N) is 1. The molecule has 1 fully saturated rings. The Balaban J connectivity index is 1.69. The molecule has 1 nitrogen and oxygen atoms in total. The zero-order chi connectivity index (χ0) is 13.8. The molecule has 0 spiro atoms. The molecule has 1 N–H and O–H groups in total. The van der Waals surface area contributed by atoms with Crippen LogP contribution in [0.3, 0.4) is 0 Å². The molecule has 0 aromatic heterocycles. The lowest BCUT2D eigenvalue weighted by Crippen LogP contribution is -2.29. The Kier molecular flexibility index (Phi) is 4.37. The van der Waals surface area contributed by atoms with E-state index in [-0.39, 0.29) is 0 Å². The summed E-state index contributed by atoms with van der Waals surface area (Å²) >= 11 is 0. The molecule has 1 unspecified atom stereocenters. The highest BCUT2D eigenvalue weighted by Crippen LogP contribution is 2.29. The van der Waals surface area contributed by atoms with E-state index in [1.807, 2.05) is 0 Å². The first-order valence-electron chi connectivity index (χ1n) is 8.00. The van der Waals surface area contributed by atoms with Crippen LogP contribution in [0.5, 0.6) is 0 Å². The van der Waals surface area contributed by atoms with Crippen molar-refractivity contribution in [2.75, 3.05) is 7.05 Å². The second kappa shape index (κ2) is 6.41. The second-order valence-corrected chi connectivity index (χ2v) is 6.26. The molecule has 1 saturated carbocycles. The summed E-state index contributed by atoms with van der Waals surface area (Å²) in [5.74, 6) is 0.952. The largest absolute Gasteiger partial charge is 0.317 e. The maximum absolute atomic E-state index is 3.53. The highest BCUT2D eigenvalue weighted by Gasteiger charge is 2.19. The van der Waals surface area contributed by atoms with Gasteiger partial charge >= 0.3 is 0 Å². The fourth-order valence-electron chi connectivity index (χ4n) is 3.60. The van der Waals surface area contributed by atoms with Crippen molar-refractivity contribution in [3.05, 3.63) is 48.0 Å². The van der Waals surface area contributed by atoms with Crippen molar-refractivity contribution in [1.82, 2.24) is 5.32 Å². The van der Waals surface area contributed by atoms with Crippen LogP contribution in [-0.2, 0) is 6.42 Å². The van der Waals surface area contributed by atoms with E-state index in [9.17, 15) is 0 Å². The summed E-state index contributed by atoms with van der Waals surface area (Å²) in [5.41, 5.74) is 1.46. The van der Waals surface area contributed by atoms with E-state index in [1.165, 1.54) is 48.4 Å². The topological polar surface area (TPSA) is 12.0 Å². The Bertz CT molecular complexity index is 554. The van der Waals surface area contributed by atoms with E-state index < -0.39 is 0 Å². The summed E-state index contributed by atoms with van der Waals surface area (Å²) < 4.78 is 0. The van der Waals surface area contributed by atoms with Crippen molar-refractivity contribution >= 4 is 10.8 Å². The van der Waals surface area contributed by atoms with E-state index in [0.717, 1.165) is 12.3 Å². The molecule has 3 rings (SSSR count). The van der Waals surface area contributed by atoms with Crippen LogP contribution in [0.15, 0.2) is 42.5 Å². The maximum atomic E-state index is 3.53. The molecule has 20 heavy (non-hydrogen) atoms. The minimum atomic E-state index is 0.624. The van der Waals surface area contributed by atoms with Crippen LogP contribution < -0.4 is 5.32 Å². The molecular formula is C19H25N. The molecule has 0 aliphatic heterocycles. The molecule has 106 valence electrons. The van der Waals surface area contributed by atoms with Crippen LogP contribution in [-0.4, -0.2) is 13.1 Å². The van der Waals surface area contributed by atoms with Crippen LogP contribution in [0.2, 0.25) is 0 Å². The average molecular weight is 267 g/mol. The van der Waals surface area contributed by atoms with Gasteiger partial charge in [0.25, 0.3) is 0 Å². The Morgan fingerprint density at radius 2 is 1.80 bits per heavy atom. The molecule has 0 heterocycles. The van der Waals surface area contributed by atoms with Gasteiger partial charge in [-0.05, 0) is 42.1 Å². The monoisotopic (exact) mass is 267 g/mol. The first kappa shape index (κ1) is 13.6. The molecule has 0 amide bonds. The third-order valence-electron chi connectivity index (χ3n) is 4.80. The molecule has 2 aromatic rings. The van der Waals surface area contributed by atoms with Gasteiger partial charge in [0.05, 0.1) is 0 Å². The summed E-state index contributed by atoms with van der Waals surface area (Å²) in [5, 5.41) is 6.23. The van der Waals surface area contributed by atoms with Crippen LogP contribution in [0, 0.1) is 5.92 Å². The van der Waals surface area contributed by atoms with Crippen LogP contribution >= 0.6 is 0 Å². The number of rotatable bonds is 5. The molecule has 1 aliphatic carbocycles. The number of hydrogen-bond acceptors (Lipinski definition) is 1. The van der Waals surface area contributed by atoms with Crippen molar-refractivity contribution in [1.29, 1.82) is 0 Å². The second-order valence-electron chi connectivity index (χ2n) is 6.26. The lowest BCUT2D eigenvalue weighted by Gasteiger charge is -2.20. The van der Waals surface area contributed by atoms with Gasteiger partial charge < -0.3 is 5.32 Å². The third kappa shape index (κ3) is 3.21. The molecule has 0 bridgehead atoms. The van der Waals surface area contributed by atoms with Crippen LogP contribution in [0.4, 0.5) is 0 Å². The number of fused-ring (bicyclic) bond motifs is 1. The first-order chi connectivity index (χ1) is 9.85. The smallest absolute Gasteiger partial charge is 0.0107 e. The lowest BCUT2D eigenvalue weighted by atomic mass is 9.93. The van der Waals surface area contributed by atoms with Crippen molar-refractivity contribution in [2.45, 2.75) is 44.6 Å². The van der Waals surface area contributed by atoms with E-state index in [1.54, 1.807) is 0 Å². The highest BCUT2D eigenvalue weighted by molar-refractivity contribution is 5.82.